The Morgan fingerprint density at radius 3 is 2.44 bits per heavy atom. The van der Waals surface area contributed by atoms with Crippen molar-refractivity contribution in [1.29, 1.82) is 0 Å². The fourth-order valence-electron chi connectivity index (χ4n) is 2.97. The van der Waals surface area contributed by atoms with Crippen LogP contribution in [0.25, 0.3) is 20.7 Å². The summed E-state index contributed by atoms with van der Waals surface area (Å²) in [6.45, 7) is 0.00337. The third kappa shape index (κ3) is 3.68. The average Bonchev–Trinajstić information content (AvgIpc) is 3.18. The van der Waals surface area contributed by atoms with Gasteiger partial charge in [0.2, 0.25) is 0 Å². The van der Waals surface area contributed by atoms with Crippen LogP contribution in [0.1, 0.15) is 17.2 Å². The monoisotopic (exact) mass is 377 g/mol. The molecule has 5 nitrogen and oxygen atoms in total. The van der Waals surface area contributed by atoms with Crippen LogP contribution in [-0.2, 0) is 6.61 Å². The van der Waals surface area contributed by atoms with Crippen LogP contribution in [0.5, 0.6) is 0 Å². The normalized spacial score (nSPS) is 12.2. The second-order valence-electron chi connectivity index (χ2n) is 6.20. The molecule has 0 aliphatic heterocycles. The van der Waals surface area contributed by atoms with E-state index in [1.165, 1.54) is 0 Å². The number of aliphatic hydroxyl groups is 2. The van der Waals surface area contributed by atoms with Crippen molar-refractivity contribution >= 4 is 27.4 Å². The van der Waals surface area contributed by atoms with Crippen molar-refractivity contribution in [2.75, 3.05) is 11.9 Å². The first-order chi connectivity index (χ1) is 13.3. The van der Waals surface area contributed by atoms with E-state index in [2.05, 4.69) is 21.4 Å². The van der Waals surface area contributed by atoms with Gasteiger partial charge in [-0.2, -0.15) is 0 Å². The highest BCUT2D eigenvalue weighted by atomic mass is 32.1. The molecule has 1 atom stereocenters. The summed E-state index contributed by atoms with van der Waals surface area (Å²) in [6.07, 6.45) is 1.54. The van der Waals surface area contributed by atoms with Gasteiger partial charge in [0.15, 0.2) is 0 Å². The van der Waals surface area contributed by atoms with Crippen LogP contribution in [0, 0.1) is 0 Å². The molecule has 0 bridgehead atoms. The molecule has 136 valence electrons. The zero-order valence-electron chi connectivity index (χ0n) is 14.5. The number of hydrogen-bond acceptors (Lipinski definition) is 6. The zero-order valence-corrected chi connectivity index (χ0v) is 15.4. The van der Waals surface area contributed by atoms with E-state index in [0.717, 1.165) is 31.8 Å². The molecule has 4 aromatic rings. The first-order valence-corrected chi connectivity index (χ1v) is 9.47. The van der Waals surface area contributed by atoms with Gasteiger partial charge in [0.25, 0.3) is 0 Å². The second-order valence-corrected chi connectivity index (χ2v) is 7.23. The average molecular weight is 377 g/mol. The lowest BCUT2D eigenvalue weighted by Gasteiger charge is -2.17. The van der Waals surface area contributed by atoms with Crippen LogP contribution in [0.4, 0.5) is 5.82 Å². The summed E-state index contributed by atoms with van der Waals surface area (Å²) < 4.78 is 0. The molecule has 0 amide bonds. The predicted octanol–water partition coefficient (Wildman–Crippen LogP) is 4.00. The highest BCUT2D eigenvalue weighted by Crippen LogP contribution is 2.36. The Morgan fingerprint density at radius 2 is 1.74 bits per heavy atom. The molecule has 0 aliphatic carbocycles. The van der Waals surface area contributed by atoms with Crippen molar-refractivity contribution in [1.82, 2.24) is 9.97 Å². The van der Waals surface area contributed by atoms with E-state index >= 15 is 0 Å². The standard InChI is InChI=1S/C21H19N3O2S/c25-11-14-6-8-16(9-7-14)19-10-17-20(22-13-23-21(17)27-19)24-18(12-26)15-4-2-1-3-5-15/h1-10,13,18,25-26H,11-12H2,(H,22,23,24)/t18-/m1/s1. The minimum atomic E-state index is -0.239. The summed E-state index contributed by atoms with van der Waals surface area (Å²) in [6, 6.07) is 19.5. The first-order valence-electron chi connectivity index (χ1n) is 8.65. The molecule has 0 saturated heterocycles. The molecule has 3 N–H and O–H groups in total. The van der Waals surface area contributed by atoms with Crippen molar-refractivity contribution in [2.24, 2.45) is 0 Å². The zero-order chi connectivity index (χ0) is 18.6. The molecule has 27 heavy (non-hydrogen) atoms. The molecule has 2 aromatic carbocycles. The third-order valence-electron chi connectivity index (χ3n) is 4.45. The first kappa shape index (κ1) is 17.6. The molecule has 0 aliphatic rings. The Kier molecular flexibility index (Phi) is 5.11. The largest absolute Gasteiger partial charge is 0.394 e. The number of aliphatic hydroxyl groups excluding tert-OH is 2. The number of benzene rings is 2. The van der Waals surface area contributed by atoms with Crippen molar-refractivity contribution in [3.05, 3.63) is 78.1 Å². The van der Waals surface area contributed by atoms with Gasteiger partial charge in [-0.1, -0.05) is 54.6 Å². The number of nitrogens with one attached hydrogen (secondary N) is 1. The molecule has 0 fully saturated rings. The van der Waals surface area contributed by atoms with E-state index < -0.39 is 0 Å². The maximum absolute atomic E-state index is 9.82. The highest BCUT2D eigenvalue weighted by Gasteiger charge is 2.15. The fourth-order valence-corrected chi connectivity index (χ4v) is 3.98. The lowest BCUT2D eigenvalue weighted by molar-refractivity contribution is 0.276. The maximum Gasteiger partial charge on any atom is 0.138 e. The lowest BCUT2D eigenvalue weighted by atomic mass is 10.1. The van der Waals surface area contributed by atoms with E-state index in [-0.39, 0.29) is 19.3 Å². The Bertz CT molecular complexity index is 1030. The summed E-state index contributed by atoms with van der Waals surface area (Å²) in [5.41, 5.74) is 2.96. The fraction of sp³-hybridized carbons (Fsp3) is 0.143. The topological polar surface area (TPSA) is 78.3 Å². The van der Waals surface area contributed by atoms with Gasteiger partial charge in [-0.25, -0.2) is 9.97 Å². The van der Waals surface area contributed by atoms with Gasteiger partial charge in [0.1, 0.15) is 17.0 Å². The number of thiophene rings is 1. The van der Waals surface area contributed by atoms with Crippen LogP contribution < -0.4 is 5.32 Å². The predicted molar refractivity (Wildman–Crippen MR) is 109 cm³/mol. The number of rotatable bonds is 6. The maximum atomic E-state index is 9.82. The van der Waals surface area contributed by atoms with Crippen molar-refractivity contribution in [2.45, 2.75) is 12.6 Å². The van der Waals surface area contributed by atoms with Crippen molar-refractivity contribution in [3.8, 4) is 10.4 Å². The van der Waals surface area contributed by atoms with Gasteiger partial charge >= 0.3 is 0 Å². The van der Waals surface area contributed by atoms with Gasteiger partial charge in [-0.05, 0) is 22.8 Å². The summed E-state index contributed by atoms with van der Waals surface area (Å²) in [7, 11) is 0. The minimum Gasteiger partial charge on any atom is -0.394 e. The van der Waals surface area contributed by atoms with E-state index in [1.807, 2.05) is 54.6 Å². The van der Waals surface area contributed by atoms with Crippen LogP contribution in [0.15, 0.2) is 67.0 Å². The number of nitrogens with zero attached hydrogens (tertiary/aromatic N) is 2. The van der Waals surface area contributed by atoms with E-state index in [9.17, 15) is 10.2 Å². The SMILES string of the molecule is OCc1ccc(-c2cc3c(N[C@H](CO)c4ccccc4)ncnc3s2)cc1. The number of hydrogen-bond donors (Lipinski definition) is 3. The summed E-state index contributed by atoms with van der Waals surface area (Å²) >= 11 is 1.59. The minimum absolute atomic E-state index is 0.0326. The van der Waals surface area contributed by atoms with Gasteiger partial charge in [0.05, 0.1) is 24.6 Å². The molecule has 2 aromatic heterocycles. The van der Waals surface area contributed by atoms with Crippen molar-refractivity contribution in [3.63, 3.8) is 0 Å². The van der Waals surface area contributed by atoms with Crippen LogP contribution in [-0.4, -0.2) is 26.8 Å². The Labute approximate surface area is 161 Å². The number of anilines is 1. The summed E-state index contributed by atoms with van der Waals surface area (Å²) in [4.78, 5) is 10.8. The second kappa shape index (κ2) is 7.84. The van der Waals surface area contributed by atoms with E-state index in [4.69, 9.17) is 0 Å². The third-order valence-corrected chi connectivity index (χ3v) is 5.54. The van der Waals surface area contributed by atoms with Crippen LogP contribution in [0.2, 0.25) is 0 Å². The van der Waals surface area contributed by atoms with E-state index in [1.54, 1.807) is 17.7 Å². The van der Waals surface area contributed by atoms with Gasteiger partial charge < -0.3 is 15.5 Å². The molecule has 2 heterocycles. The number of aromatic nitrogens is 2. The molecule has 0 spiro atoms. The van der Waals surface area contributed by atoms with Gasteiger partial charge in [-0.15, -0.1) is 11.3 Å². The van der Waals surface area contributed by atoms with Crippen LogP contribution >= 0.6 is 11.3 Å². The smallest absolute Gasteiger partial charge is 0.138 e. The highest BCUT2D eigenvalue weighted by molar-refractivity contribution is 7.21. The molecule has 4 rings (SSSR count). The Balaban J connectivity index is 1.68. The summed E-state index contributed by atoms with van der Waals surface area (Å²) in [5.74, 6) is 0.706. The Hall–Kier alpha value is -2.80. The van der Waals surface area contributed by atoms with Crippen molar-refractivity contribution < 1.29 is 10.2 Å². The molecular weight excluding hydrogens is 358 g/mol. The number of fused-ring (bicyclic) bond motifs is 1. The molecule has 6 heteroatoms. The molecule has 0 radical (unpaired) electrons. The van der Waals surface area contributed by atoms with E-state index in [0.29, 0.717) is 5.82 Å². The van der Waals surface area contributed by atoms with Crippen LogP contribution in [0.3, 0.4) is 0 Å². The lowest BCUT2D eigenvalue weighted by Crippen LogP contribution is -2.15. The van der Waals surface area contributed by atoms with Gasteiger partial charge in [0, 0.05) is 4.88 Å². The van der Waals surface area contributed by atoms with Gasteiger partial charge in [-0.3, -0.25) is 0 Å². The molecule has 0 saturated carbocycles. The quantitative estimate of drug-likeness (QED) is 0.473. The molecule has 0 unspecified atom stereocenters. The summed E-state index contributed by atoms with van der Waals surface area (Å²) in [5, 5.41) is 23.3. The molecular formula is C21H19N3O2S. The Morgan fingerprint density at radius 1 is 0.963 bits per heavy atom.